The van der Waals surface area contributed by atoms with Gasteiger partial charge in [0.15, 0.2) is 0 Å². The summed E-state index contributed by atoms with van der Waals surface area (Å²) in [5.41, 5.74) is 6.54. The lowest BCUT2D eigenvalue weighted by Crippen LogP contribution is -1.95. The average Bonchev–Trinajstić information content (AvgIpc) is 2.80. The largest absolute Gasteiger partial charge is 0.368 e. The Hall–Kier alpha value is -1.37. The van der Waals surface area contributed by atoms with Crippen LogP contribution in [-0.4, -0.2) is 15.0 Å². The number of pyridine rings is 1. The van der Waals surface area contributed by atoms with Gasteiger partial charge in [0.05, 0.1) is 15.2 Å². The minimum atomic E-state index is 0.260. The summed E-state index contributed by atoms with van der Waals surface area (Å²) >= 11 is 9.06. The number of fused-ring (bicyclic) bond motifs is 1. The summed E-state index contributed by atoms with van der Waals surface area (Å²) in [6, 6.07) is 5.51. The van der Waals surface area contributed by atoms with E-state index in [2.05, 4.69) is 15.0 Å². The van der Waals surface area contributed by atoms with E-state index in [0.717, 1.165) is 15.2 Å². The molecule has 3 rings (SSSR count). The first-order valence-corrected chi connectivity index (χ1v) is 7.10. The normalized spacial score (nSPS) is 10.9. The van der Waals surface area contributed by atoms with Crippen molar-refractivity contribution < 1.29 is 0 Å². The number of nitrogen functional groups attached to an aromatic ring is 1. The summed E-state index contributed by atoms with van der Waals surface area (Å²) in [7, 11) is 0. The van der Waals surface area contributed by atoms with Gasteiger partial charge in [-0.15, -0.1) is 11.3 Å². The first-order valence-electron chi connectivity index (χ1n) is 5.03. The average molecular weight is 295 g/mol. The van der Waals surface area contributed by atoms with Crippen molar-refractivity contribution in [2.45, 2.75) is 10.1 Å². The zero-order valence-corrected chi connectivity index (χ0v) is 11.4. The van der Waals surface area contributed by atoms with Crippen molar-refractivity contribution in [2.75, 3.05) is 5.73 Å². The quantitative estimate of drug-likeness (QED) is 0.733. The second kappa shape index (κ2) is 4.72. The summed E-state index contributed by atoms with van der Waals surface area (Å²) in [6.45, 7) is 0. The molecule has 0 bridgehead atoms. The van der Waals surface area contributed by atoms with Crippen molar-refractivity contribution in [1.82, 2.24) is 15.0 Å². The van der Waals surface area contributed by atoms with Gasteiger partial charge in [-0.2, -0.15) is 0 Å². The molecule has 3 aromatic heterocycles. The maximum atomic E-state index is 6.08. The van der Waals surface area contributed by atoms with Crippen LogP contribution in [0.5, 0.6) is 0 Å². The van der Waals surface area contributed by atoms with Crippen LogP contribution in [0.2, 0.25) is 5.02 Å². The molecule has 0 amide bonds. The van der Waals surface area contributed by atoms with Crippen molar-refractivity contribution in [3.63, 3.8) is 0 Å². The molecule has 0 atom stereocenters. The van der Waals surface area contributed by atoms with Gasteiger partial charge in [0.2, 0.25) is 5.95 Å². The molecule has 0 saturated carbocycles. The Morgan fingerprint density at radius 3 is 2.94 bits per heavy atom. The molecule has 4 nitrogen and oxygen atoms in total. The molecule has 2 N–H and O–H groups in total. The highest BCUT2D eigenvalue weighted by atomic mass is 35.5. The Kier molecular flexibility index (Phi) is 3.07. The second-order valence-corrected chi connectivity index (χ2v) is 5.72. The lowest BCUT2D eigenvalue weighted by molar-refractivity contribution is 1.10. The van der Waals surface area contributed by atoms with E-state index in [1.165, 1.54) is 11.8 Å². The highest BCUT2D eigenvalue weighted by molar-refractivity contribution is 7.99. The predicted molar refractivity (Wildman–Crippen MR) is 75.2 cm³/mol. The number of aromatic nitrogens is 3. The molecule has 3 heterocycles. The number of nitrogens with zero attached hydrogens (tertiary/aromatic N) is 3. The van der Waals surface area contributed by atoms with Gasteiger partial charge in [-0.3, -0.25) is 0 Å². The fraction of sp³-hybridized carbons (Fsp3) is 0. The van der Waals surface area contributed by atoms with Crippen molar-refractivity contribution in [3.8, 4) is 0 Å². The molecule has 0 unspecified atom stereocenters. The molecule has 90 valence electrons. The van der Waals surface area contributed by atoms with Crippen LogP contribution in [0, 0.1) is 0 Å². The molecular formula is C11H7ClN4S2. The van der Waals surface area contributed by atoms with Gasteiger partial charge in [0, 0.05) is 6.20 Å². The molecule has 0 saturated heterocycles. The van der Waals surface area contributed by atoms with E-state index < -0.39 is 0 Å². The molecule has 0 aliphatic carbocycles. The lowest BCUT2D eigenvalue weighted by atomic mass is 10.5. The molecule has 0 aromatic carbocycles. The monoisotopic (exact) mass is 294 g/mol. The number of thiophene rings is 1. The fourth-order valence-corrected chi connectivity index (χ4v) is 3.48. The topological polar surface area (TPSA) is 64.7 Å². The van der Waals surface area contributed by atoms with Crippen LogP contribution < -0.4 is 5.73 Å². The zero-order valence-electron chi connectivity index (χ0n) is 9.00. The first kappa shape index (κ1) is 11.7. The smallest absolute Gasteiger partial charge is 0.221 e. The Morgan fingerprint density at radius 1 is 1.22 bits per heavy atom. The fourth-order valence-electron chi connectivity index (χ4n) is 1.46. The van der Waals surface area contributed by atoms with Crippen LogP contribution in [-0.2, 0) is 0 Å². The molecule has 0 aliphatic rings. The highest BCUT2D eigenvalue weighted by Gasteiger charge is 2.11. The summed E-state index contributed by atoms with van der Waals surface area (Å²) in [4.78, 5) is 12.7. The minimum Gasteiger partial charge on any atom is -0.368 e. The Bertz CT molecular complexity index is 713. The maximum Gasteiger partial charge on any atom is 0.221 e. The van der Waals surface area contributed by atoms with Gasteiger partial charge in [0.25, 0.3) is 0 Å². The van der Waals surface area contributed by atoms with E-state index in [9.17, 15) is 0 Å². The first-order chi connectivity index (χ1) is 8.74. The van der Waals surface area contributed by atoms with Crippen LogP contribution in [0.15, 0.2) is 39.8 Å². The number of anilines is 1. The summed E-state index contributed by atoms with van der Waals surface area (Å²) in [5, 5.41) is 4.06. The molecular weight excluding hydrogens is 288 g/mol. The zero-order chi connectivity index (χ0) is 12.5. The van der Waals surface area contributed by atoms with Crippen LogP contribution in [0.4, 0.5) is 5.95 Å². The van der Waals surface area contributed by atoms with Gasteiger partial charge in [-0.1, -0.05) is 11.6 Å². The van der Waals surface area contributed by atoms with E-state index in [-0.39, 0.29) is 5.95 Å². The number of hydrogen-bond acceptors (Lipinski definition) is 6. The number of hydrogen-bond donors (Lipinski definition) is 1. The molecule has 7 heteroatoms. The van der Waals surface area contributed by atoms with E-state index in [1.807, 2.05) is 11.4 Å². The SMILES string of the molecule is Nc1nc(Sc2ncccc2Cl)c2sccc2n1. The molecule has 3 aromatic rings. The lowest BCUT2D eigenvalue weighted by Gasteiger charge is -2.03. The van der Waals surface area contributed by atoms with Crippen LogP contribution in [0.3, 0.4) is 0 Å². The molecule has 0 spiro atoms. The van der Waals surface area contributed by atoms with Gasteiger partial charge in [0.1, 0.15) is 10.1 Å². The Balaban J connectivity index is 2.10. The van der Waals surface area contributed by atoms with Crippen molar-refractivity contribution in [2.24, 2.45) is 0 Å². The maximum absolute atomic E-state index is 6.08. The van der Waals surface area contributed by atoms with E-state index in [4.69, 9.17) is 17.3 Å². The predicted octanol–water partition coefficient (Wildman–Crippen LogP) is 3.47. The van der Waals surface area contributed by atoms with Gasteiger partial charge < -0.3 is 5.73 Å². The van der Waals surface area contributed by atoms with Gasteiger partial charge in [-0.25, -0.2) is 15.0 Å². The third-order valence-electron chi connectivity index (χ3n) is 2.21. The minimum absolute atomic E-state index is 0.260. The number of nitrogens with two attached hydrogens (primary N) is 1. The third-order valence-corrected chi connectivity index (χ3v) is 4.67. The number of halogens is 1. The molecule has 0 fully saturated rings. The van der Waals surface area contributed by atoms with Crippen molar-refractivity contribution >= 4 is 50.9 Å². The van der Waals surface area contributed by atoms with Crippen LogP contribution in [0.1, 0.15) is 0 Å². The van der Waals surface area contributed by atoms with Gasteiger partial charge in [-0.05, 0) is 35.3 Å². The Morgan fingerprint density at radius 2 is 2.11 bits per heavy atom. The Labute approximate surface area is 116 Å². The van der Waals surface area contributed by atoms with Crippen molar-refractivity contribution in [3.05, 3.63) is 34.8 Å². The third kappa shape index (κ3) is 2.14. The highest BCUT2D eigenvalue weighted by Crippen LogP contribution is 2.36. The van der Waals surface area contributed by atoms with Gasteiger partial charge >= 0.3 is 0 Å². The molecule has 0 aliphatic heterocycles. The summed E-state index contributed by atoms with van der Waals surface area (Å²) < 4.78 is 0.996. The second-order valence-electron chi connectivity index (χ2n) is 3.41. The summed E-state index contributed by atoms with van der Waals surface area (Å²) in [6.07, 6.45) is 1.70. The summed E-state index contributed by atoms with van der Waals surface area (Å²) in [5.74, 6) is 0.260. The van der Waals surface area contributed by atoms with E-state index in [1.54, 1.807) is 29.7 Å². The number of rotatable bonds is 2. The van der Waals surface area contributed by atoms with Crippen molar-refractivity contribution in [1.29, 1.82) is 0 Å². The molecule has 0 radical (unpaired) electrons. The van der Waals surface area contributed by atoms with E-state index >= 15 is 0 Å². The van der Waals surface area contributed by atoms with E-state index in [0.29, 0.717) is 10.0 Å². The molecule has 18 heavy (non-hydrogen) atoms. The standard InChI is InChI=1S/C11H7ClN4S2/c12-6-2-1-4-14-9(6)18-10-8-7(3-5-17-8)15-11(13)16-10/h1-5H,(H2,13,15,16). The van der Waals surface area contributed by atoms with Crippen LogP contribution in [0.25, 0.3) is 10.2 Å². The van der Waals surface area contributed by atoms with Crippen LogP contribution >= 0.6 is 34.7 Å².